The third-order valence-corrected chi connectivity index (χ3v) is 7.16. The Bertz CT molecular complexity index is 1590. The number of H-pyrrole nitrogens is 1. The number of hydrogen-bond donors (Lipinski definition) is 1. The first-order valence-electron chi connectivity index (χ1n) is 12.8. The molecule has 0 aliphatic heterocycles. The van der Waals surface area contributed by atoms with Crippen LogP contribution in [-0.4, -0.2) is 30.1 Å². The van der Waals surface area contributed by atoms with Gasteiger partial charge in [-0.2, -0.15) is 0 Å². The molecule has 1 unspecified atom stereocenters. The smallest absolute Gasteiger partial charge is 0.252 e. The average Bonchev–Trinajstić information content (AvgIpc) is 3.37. The molecule has 194 valence electrons. The minimum atomic E-state index is -0.280. The van der Waals surface area contributed by atoms with E-state index in [1.54, 1.807) is 16.8 Å². The van der Waals surface area contributed by atoms with E-state index < -0.39 is 0 Å². The van der Waals surface area contributed by atoms with Crippen molar-refractivity contribution in [1.29, 1.82) is 0 Å². The first-order valence-corrected chi connectivity index (χ1v) is 12.8. The number of hydrogen-bond acceptors (Lipinski definition) is 5. The van der Waals surface area contributed by atoms with E-state index in [9.17, 15) is 9.18 Å². The van der Waals surface area contributed by atoms with E-state index in [0.29, 0.717) is 31.0 Å². The Balaban J connectivity index is 1.52. The van der Waals surface area contributed by atoms with Gasteiger partial charge in [0.05, 0.1) is 18.1 Å². The highest BCUT2D eigenvalue weighted by Crippen LogP contribution is 2.27. The number of pyridine rings is 1. The van der Waals surface area contributed by atoms with Crippen molar-refractivity contribution in [2.75, 3.05) is 0 Å². The molecule has 2 heterocycles. The quantitative estimate of drug-likeness (QED) is 0.284. The van der Waals surface area contributed by atoms with E-state index in [0.717, 1.165) is 39.6 Å². The molecule has 0 amide bonds. The number of benzene rings is 3. The first kappa shape index (κ1) is 25.5. The number of halogens is 1. The van der Waals surface area contributed by atoms with Crippen molar-refractivity contribution in [2.45, 2.75) is 52.9 Å². The number of aryl methyl sites for hydroxylation is 2. The fraction of sp³-hybridized carbons (Fsp3) is 0.267. The monoisotopic (exact) mass is 510 g/mol. The standard InChI is InChI=1S/C30H31FN6O/c1-4-27(29-33-34-35-37(29)18-23-11-14-26(31)15-12-23)36(17-22-8-6-5-7-9-22)19-25-16-24-13-10-20(2)21(3)28(24)32-30(25)38/h5-16,27H,4,17-19H2,1-3H3,(H,32,38). The summed E-state index contributed by atoms with van der Waals surface area (Å²) in [6.45, 7) is 7.64. The summed E-state index contributed by atoms with van der Waals surface area (Å²) in [6.07, 6.45) is 0.737. The number of fused-ring (bicyclic) bond motifs is 1. The molecule has 7 nitrogen and oxygen atoms in total. The maximum atomic E-state index is 13.4. The molecule has 0 aliphatic rings. The number of aromatic amines is 1. The Hall–Kier alpha value is -4.17. The maximum Gasteiger partial charge on any atom is 0.252 e. The first-order chi connectivity index (χ1) is 18.4. The minimum Gasteiger partial charge on any atom is -0.321 e. The highest BCUT2D eigenvalue weighted by atomic mass is 19.1. The molecule has 2 aromatic heterocycles. The molecule has 8 heteroatoms. The molecular formula is C30H31FN6O. The molecular weight excluding hydrogens is 479 g/mol. The summed E-state index contributed by atoms with van der Waals surface area (Å²) in [7, 11) is 0. The number of rotatable bonds is 9. The summed E-state index contributed by atoms with van der Waals surface area (Å²) >= 11 is 0. The van der Waals surface area contributed by atoms with Crippen molar-refractivity contribution in [2.24, 2.45) is 0 Å². The second kappa shape index (κ2) is 11.1. The molecule has 3 aromatic carbocycles. The van der Waals surface area contributed by atoms with Crippen LogP contribution in [-0.2, 0) is 19.6 Å². The summed E-state index contributed by atoms with van der Waals surface area (Å²) in [4.78, 5) is 18.6. The Morgan fingerprint density at radius 3 is 2.47 bits per heavy atom. The Morgan fingerprint density at radius 2 is 1.74 bits per heavy atom. The lowest BCUT2D eigenvalue weighted by molar-refractivity contribution is 0.161. The van der Waals surface area contributed by atoms with Gasteiger partial charge in [-0.3, -0.25) is 9.69 Å². The van der Waals surface area contributed by atoms with Gasteiger partial charge in [-0.25, -0.2) is 9.07 Å². The zero-order valence-electron chi connectivity index (χ0n) is 21.9. The Kier molecular flexibility index (Phi) is 7.42. The third-order valence-electron chi connectivity index (χ3n) is 7.16. The molecule has 5 rings (SSSR count). The molecule has 1 atom stereocenters. The Labute approximate surface area is 220 Å². The van der Waals surface area contributed by atoms with Gasteiger partial charge in [-0.05, 0) is 76.5 Å². The van der Waals surface area contributed by atoms with Gasteiger partial charge in [0, 0.05) is 18.7 Å². The van der Waals surface area contributed by atoms with Crippen LogP contribution in [0.5, 0.6) is 0 Å². The van der Waals surface area contributed by atoms with E-state index in [-0.39, 0.29) is 17.4 Å². The van der Waals surface area contributed by atoms with E-state index >= 15 is 0 Å². The molecule has 5 aromatic rings. The van der Waals surface area contributed by atoms with Crippen molar-refractivity contribution in [3.63, 3.8) is 0 Å². The van der Waals surface area contributed by atoms with Crippen molar-refractivity contribution in [3.05, 3.63) is 123 Å². The summed E-state index contributed by atoms with van der Waals surface area (Å²) < 4.78 is 15.2. The van der Waals surface area contributed by atoms with Crippen LogP contribution < -0.4 is 5.56 Å². The zero-order valence-corrected chi connectivity index (χ0v) is 21.9. The summed E-state index contributed by atoms with van der Waals surface area (Å²) in [5, 5.41) is 13.6. The molecule has 0 bridgehead atoms. The van der Waals surface area contributed by atoms with Gasteiger partial charge in [-0.1, -0.05) is 61.5 Å². The molecule has 0 saturated heterocycles. The van der Waals surface area contributed by atoms with Gasteiger partial charge >= 0.3 is 0 Å². The molecule has 0 aliphatic carbocycles. The van der Waals surface area contributed by atoms with Crippen LogP contribution in [0.15, 0.2) is 77.6 Å². The van der Waals surface area contributed by atoms with Gasteiger partial charge in [0.2, 0.25) is 0 Å². The van der Waals surface area contributed by atoms with Crippen LogP contribution >= 0.6 is 0 Å². The van der Waals surface area contributed by atoms with Crippen molar-refractivity contribution < 1.29 is 4.39 Å². The lowest BCUT2D eigenvalue weighted by atomic mass is 10.0. The number of tetrazole rings is 1. The largest absolute Gasteiger partial charge is 0.321 e. The van der Waals surface area contributed by atoms with Crippen LogP contribution in [0.2, 0.25) is 0 Å². The molecule has 0 saturated carbocycles. The molecule has 0 spiro atoms. The van der Waals surface area contributed by atoms with E-state index in [1.807, 2.05) is 38.1 Å². The molecule has 0 radical (unpaired) electrons. The summed E-state index contributed by atoms with van der Waals surface area (Å²) in [5.41, 5.74) is 5.74. The maximum absolute atomic E-state index is 13.4. The molecule has 1 N–H and O–H groups in total. The van der Waals surface area contributed by atoms with E-state index in [2.05, 4.69) is 56.6 Å². The second-order valence-electron chi connectivity index (χ2n) is 9.73. The fourth-order valence-corrected chi connectivity index (χ4v) is 4.93. The fourth-order valence-electron chi connectivity index (χ4n) is 4.93. The third kappa shape index (κ3) is 5.40. The van der Waals surface area contributed by atoms with Crippen LogP contribution in [0, 0.1) is 19.7 Å². The van der Waals surface area contributed by atoms with Crippen molar-refractivity contribution in [3.8, 4) is 0 Å². The number of nitrogens with one attached hydrogen (secondary N) is 1. The van der Waals surface area contributed by atoms with Crippen molar-refractivity contribution in [1.82, 2.24) is 30.1 Å². The SMILES string of the molecule is CCC(c1nnnn1Cc1ccc(F)cc1)N(Cc1ccccc1)Cc1cc2ccc(C)c(C)c2[nH]c1=O. The van der Waals surface area contributed by atoms with Gasteiger partial charge in [-0.15, -0.1) is 5.10 Å². The number of aromatic nitrogens is 5. The van der Waals surface area contributed by atoms with Gasteiger partial charge < -0.3 is 4.98 Å². The Morgan fingerprint density at radius 1 is 0.974 bits per heavy atom. The summed E-state index contributed by atoms with van der Waals surface area (Å²) in [5.74, 6) is 0.425. The normalized spacial score (nSPS) is 12.3. The topological polar surface area (TPSA) is 79.7 Å². The molecule has 38 heavy (non-hydrogen) atoms. The number of nitrogens with zero attached hydrogens (tertiary/aromatic N) is 5. The lowest BCUT2D eigenvalue weighted by Gasteiger charge is -2.30. The van der Waals surface area contributed by atoms with Crippen LogP contribution in [0.4, 0.5) is 4.39 Å². The van der Waals surface area contributed by atoms with Crippen LogP contribution in [0.3, 0.4) is 0 Å². The van der Waals surface area contributed by atoms with Crippen LogP contribution in [0.25, 0.3) is 10.9 Å². The predicted molar refractivity (Wildman–Crippen MR) is 146 cm³/mol. The van der Waals surface area contributed by atoms with E-state index in [1.165, 1.54) is 12.1 Å². The minimum absolute atomic E-state index is 0.0926. The zero-order chi connectivity index (χ0) is 26.6. The van der Waals surface area contributed by atoms with Gasteiger partial charge in [0.25, 0.3) is 5.56 Å². The van der Waals surface area contributed by atoms with E-state index in [4.69, 9.17) is 0 Å². The molecule has 0 fully saturated rings. The van der Waals surface area contributed by atoms with Crippen LogP contribution in [0.1, 0.15) is 53.0 Å². The van der Waals surface area contributed by atoms with Gasteiger partial charge in [0.15, 0.2) is 5.82 Å². The van der Waals surface area contributed by atoms with Crippen molar-refractivity contribution >= 4 is 10.9 Å². The average molecular weight is 511 g/mol. The highest BCUT2D eigenvalue weighted by molar-refractivity contribution is 5.83. The highest BCUT2D eigenvalue weighted by Gasteiger charge is 2.26. The summed E-state index contributed by atoms with van der Waals surface area (Å²) in [6, 6.07) is 22.5. The predicted octanol–water partition coefficient (Wildman–Crippen LogP) is 5.47. The second-order valence-corrected chi connectivity index (χ2v) is 9.73. The lowest BCUT2D eigenvalue weighted by Crippen LogP contribution is -2.32. The van der Waals surface area contributed by atoms with Gasteiger partial charge in [0.1, 0.15) is 5.82 Å².